The summed E-state index contributed by atoms with van der Waals surface area (Å²) in [6.07, 6.45) is 4.37. The van der Waals surface area contributed by atoms with Gasteiger partial charge in [-0.2, -0.15) is 0 Å². The summed E-state index contributed by atoms with van der Waals surface area (Å²) in [5.74, 6) is 0.250. The number of nitrogens with zero attached hydrogens (tertiary/aromatic N) is 4. The van der Waals surface area contributed by atoms with Gasteiger partial charge in [-0.25, -0.2) is 14.1 Å². The first-order valence-electron chi connectivity index (χ1n) is 3.76. The summed E-state index contributed by atoms with van der Waals surface area (Å²) in [5, 5.41) is 7.37. The predicted octanol–water partition coefficient (Wildman–Crippen LogP) is 1.11. The highest BCUT2D eigenvalue weighted by molar-refractivity contribution is 5.26. The molecule has 2 aromatic rings. The molecule has 0 saturated heterocycles. The maximum Gasteiger partial charge on any atom is 0.155 e. The third kappa shape index (κ3) is 1.40. The van der Waals surface area contributed by atoms with Crippen LogP contribution in [0.4, 0.5) is 4.39 Å². The maximum atomic E-state index is 12.8. The fraction of sp³-hybridized carbons (Fsp3) is 0.125. The maximum absolute atomic E-state index is 12.8. The highest BCUT2D eigenvalue weighted by atomic mass is 19.1. The van der Waals surface area contributed by atoms with Crippen molar-refractivity contribution in [3.63, 3.8) is 0 Å². The third-order valence-electron chi connectivity index (χ3n) is 1.69. The topological polar surface area (TPSA) is 43.6 Å². The molecule has 0 bridgehead atoms. The third-order valence-corrected chi connectivity index (χ3v) is 1.69. The summed E-state index contributed by atoms with van der Waals surface area (Å²) in [6.45, 7) is 1.68. The zero-order valence-corrected chi connectivity index (χ0v) is 6.98. The van der Waals surface area contributed by atoms with Crippen molar-refractivity contribution >= 4 is 0 Å². The lowest BCUT2D eigenvalue weighted by Crippen LogP contribution is -1.99. The molecule has 0 saturated carbocycles. The molecule has 0 aromatic carbocycles. The molecule has 0 spiro atoms. The van der Waals surface area contributed by atoms with E-state index in [2.05, 4.69) is 15.3 Å². The van der Waals surface area contributed by atoms with E-state index in [9.17, 15) is 4.39 Å². The SMILES string of the molecule is Cc1cc(-n2ccnn2)ncc1F. The minimum atomic E-state index is -0.316. The molecule has 0 atom stereocenters. The highest BCUT2D eigenvalue weighted by Gasteiger charge is 2.02. The number of halogens is 1. The Kier molecular flexibility index (Phi) is 1.77. The standard InChI is InChI=1S/C8H7FN4/c1-6-4-8(10-5-7(6)9)13-3-2-11-12-13/h2-5H,1H3. The molecular formula is C8H7FN4. The van der Waals surface area contributed by atoms with Gasteiger partial charge in [0.1, 0.15) is 5.82 Å². The summed E-state index contributed by atoms with van der Waals surface area (Å²) < 4.78 is 14.3. The molecule has 0 N–H and O–H groups in total. The summed E-state index contributed by atoms with van der Waals surface area (Å²) in [7, 11) is 0. The van der Waals surface area contributed by atoms with Gasteiger partial charge in [0, 0.05) is 0 Å². The van der Waals surface area contributed by atoms with Crippen LogP contribution in [-0.4, -0.2) is 20.0 Å². The molecule has 0 amide bonds. The Hall–Kier alpha value is -1.78. The van der Waals surface area contributed by atoms with Gasteiger partial charge in [0.05, 0.1) is 18.6 Å². The van der Waals surface area contributed by atoms with E-state index in [1.54, 1.807) is 25.4 Å². The van der Waals surface area contributed by atoms with E-state index >= 15 is 0 Å². The Morgan fingerprint density at radius 2 is 2.31 bits per heavy atom. The lowest BCUT2D eigenvalue weighted by Gasteiger charge is -2.00. The number of hydrogen-bond acceptors (Lipinski definition) is 3. The van der Waals surface area contributed by atoms with Crippen molar-refractivity contribution < 1.29 is 4.39 Å². The Balaban J connectivity index is 2.49. The van der Waals surface area contributed by atoms with Crippen LogP contribution < -0.4 is 0 Å². The largest absolute Gasteiger partial charge is 0.234 e. The molecule has 13 heavy (non-hydrogen) atoms. The number of pyridine rings is 1. The molecule has 0 radical (unpaired) electrons. The Bertz CT molecular complexity index is 410. The van der Waals surface area contributed by atoms with Gasteiger partial charge < -0.3 is 0 Å². The van der Waals surface area contributed by atoms with E-state index in [0.717, 1.165) is 0 Å². The summed E-state index contributed by atoms with van der Waals surface area (Å²) >= 11 is 0. The van der Waals surface area contributed by atoms with Crippen molar-refractivity contribution in [1.82, 2.24) is 20.0 Å². The first-order chi connectivity index (χ1) is 6.27. The Morgan fingerprint density at radius 1 is 1.46 bits per heavy atom. The minimum absolute atomic E-state index is 0.316. The van der Waals surface area contributed by atoms with Crippen molar-refractivity contribution in [2.45, 2.75) is 6.92 Å². The van der Waals surface area contributed by atoms with E-state index in [-0.39, 0.29) is 5.82 Å². The molecule has 0 aliphatic carbocycles. The van der Waals surface area contributed by atoms with Gasteiger partial charge in [0.2, 0.25) is 0 Å². The number of aryl methyl sites for hydroxylation is 1. The summed E-state index contributed by atoms with van der Waals surface area (Å²) in [5.41, 5.74) is 0.542. The molecule has 0 fully saturated rings. The second-order valence-corrected chi connectivity index (χ2v) is 2.64. The first-order valence-corrected chi connectivity index (χ1v) is 3.76. The number of hydrogen-bond donors (Lipinski definition) is 0. The highest BCUT2D eigenvalue weighted by Crippen LogP contribution is 2.08. The number of aromatic nitrogens is 4. The van der Waals surface area contributed by atoms with Gasteiger partial charge in [0.15, 0.2) is 5.82 Å². The summed E-state index contributed by atoms with van der Waals surface area (Å²) in [6, 6.07) is 1.62. The molecule has 2 heterocycles. The van der Waals surface area contributed by atoms with Crippen LogP contribution in [0.25, 0.3) is 5.82 Å². The van der Waals surface area contributed by atoms with Gasteiger partial charge in [0.25, 0.3) is 0 Å². The van der Waals surface area contributed by atoms with Crippen LogP contribution in [0.15, 0.2) is 24.7 Å². The van der Waals surface area contributed by atoms with Crippen LogP contribution in [0.2, 0.25) is 0 Å². The van der Waals surface area contributed by atoms with E-state index < -0.39 is 0 Å². The van der Waals surface area contributed by atoms with Crippen LogP contribution >= 0.6 is 0 Å². The molecule has 0 aliphatic rings. The van der Waals surface area contributed by atoms with Gasteiger partial charge in [-0.3, -0.25) is 0 Å². The lowest BCUT2D eigenvalue weighted by molar-refractivity contribution is 0.609. The smallest absolute Gasteiger partial charge is 0.155 e. The minimum Gasteiger partial charge on any atom is -0.234 e. The fourth-order valence-electron chi connectivity index (χ4n) is 0.980. The summed E-state index contributed by atoms with van der Waals surface area (Å²) in [4.78, 5) is 3.87. The average Bonchev–Trinajstić information content (AvgIpc) is 2.62. The van der Waals surface area contributed by atoms with Crippen molar-refractivity contribution in [3.05, 3.63) is 36.0 Å². The van der Waals surface area contributed by atoms with E-state index in [0.29, 0.717) is 11.4 Å². The van der Waals surface area contributed by atoms with E-state index in [1.807, 2.05) is 0 Å². The lowest BCUT2D eigenvalue weighted by atomic mass is 10.3. The zero-order chi connectivity index (χ0) is 9.26. The Labute approximate surface area is 74.0 Å². The average molecular weight is 178 g/mol. The van der Waals surface area contributed by atoms with Gasteiger partial charge >= 0.3 is 0 Å². The van der Waals surface area contributed by atoms with Gasteiger partial charge in [-0.1, -0.05) is 5.21 Å². The van der Waals surface area contributed by atoms with E-state index in [4.69, 9.17) is 0 Å². The molecule has 5 heteroatoms. The van der Waals surface area contributed by atoms with Crippen LogP contribution in [0.5, 0.6) is 0 Å². The Morgan fingerprint density at radius 3 is 2.92 bits per heavy atom. The van der Waals surface area contributed by atoms with Gasteiger partial charge in [-0.15, -0.1) is 5.10 Å². The fourth-order valence-corrected chi connectivity index (χ4v) is 0.980. The normalized spacial score (nSPS) is 10.3. The first kappa shape index (κ1) is 7.85. The van der Waals surface area contributed by atoms with Crippen LogP contribution in [-0.2, 0) is 0 Å². The van der Waals surface area contributed by atoms with Crippen LogP contribution in [0, 0.1) is 12.7 Å². The number of rotatable bonds is 1. The van der Waals surface area contributed by atoms with Crippen molar-refractivity contribution in [1.29, 1.82) is 0 Å². The molecule has 2 rings (SSSR count). The van der Waals surface area contributed by atoms with Crippen LogP contribution in [0.3, 0.4) is 0 Å². The van der Waals surface area contributed by atoms with Gasteiger partial charge in [-0.05, 0) is 18.6 Å². The quantitative estimate of drug-likeness (QED) is 0.657. The molecule has 0 aliphatic heterocycles. The molecule has 4 nitrogen and oxygen atoms in total. The van der Waals surface area contributed by atoms with Crippen molar-refractivity contribution in [3.8, 4) is 5.82 Å². The van der Waals surface area contributed by atoms with Crippen molar-refractivity contribution in [2.75, 3.05) is 0 Å². The monoisotopic (exact) mass is 178 g/mol. The van der Waals surface area contributed by atoms with Crippen LogP contribution in [0.1, 0.15) is 5.56 Å². The second-order valence-electron chi connectivity index (χ2n) is 2.64. The van der Waals surface area contributed by atoms with E-state index in [1.165, 1.54) is 10.9 Å². The molecule has 2 aromatic heterocycles. The zero-order valence-electron chi connectivity index (χ0n) is 6.98. The second kappa shape index (κ2) is 2.93. The predicted molar refractivity (Wildman–Crippen MR) is 43.8 cm³/mol. The molecular weight excluding hydrogens is 171 g/mol. The van der Waals surface area contributed by atoms with Crippen molar-refractivity contribution in [2.24, 2.45) is 0 Å². The molecule has 66 valence electrons. The molecule has 0 unspecified atom stereocenters.